The van der Waals surface area contributed by atoms with Gasteiger partial charge in [-0.15, -0.1) is 0 Å². The zero-order valence-corrected chi connectivity index (χ0v) is 17.9. The molecule has 30 heavy (non-hydrogen) atoms. The van der Waals surface area contributed by atoms with Crippen LogP contribution < -0.4 is 10.1 Å². The van der Waals surface area contributed by atoms with Gasteiger partial charge in [0.25, 0.3) is 0 Å². The average molecular weight is 402 g/mol. The molecule has 3 aliphatic rings. The molecule has 2 bridgehead atoms. The standard InChI is InChI=1S/C26H31N3O/c1-3-18-17-29-14-12-19(18)15-25(29)26(28-20-7-5-4-6-8-20)22-11-13-27-24-10-9-21(30-2)16-23(22)24/h4-11,13,16,18-19,25-26,28H,3,12,14-15,17H2,1-2H3. The molecule has 1 aromatic heterocycles. The van der Waals surface area contributed by atoms with Gasteiger partial charge in [-0.3, -0.25) is 9.88 Å². The first-order valence-electron chi connectivity index (χ1n) is 11.2. The minimum atomic E-state index is 0.214. The SMILES string of the molecule is CCC1CN2CCC1CC2C(Nc1ccccc1)c1ccnc2ccc(OC)cc12. The third-order valence-corrected chi connectivity index (χ3v) is 7.26. The molecule has 0 radical (unpaired) electrons. The van der Waals surface area contributed by atoms with Gasteiger partial charge in [-0.2, -0.15) is 0 Å². The van der Waals surface area contributed by atoms with E-state index in [1.54, 1.807) is 7.11 Å². The van der Waals surface area contributed by atoms with Crippen molar-refractivity contribution in [3.05, 3.63) is 66.4 Å². The van der Waals surface area contributed by atoms with Crippen LogP contribution in [0.2, 0.25) is 0 Å². The van der Waals surface area contributed by atoms with Crippen LogP contribution in [0.1, 0.15) is 37.8 Å². The highest BCUT2D eigenvalue weighted by Crippen LogP contribution is 2.44. The second kappa shape index (κ2) is 8.27. The van der Waals surface area contributed by atoms with Crippen molar-refractivity contribution in [2.75, 3.05) is 25.5 Å². The summed E-state index contributed by atoms with van der Waals surface area (Å²) in [4.78, 5) is 7.37. The number of hydrogen-bond donors (Lipinski definition) is 1. The number of hydrogen-bond acceptors (Lipinski definition) is 4. The minimum absolute atomic E-state index is 0.214. The summed E-state index contributed by atoms with van der Waals surface area (Å²) in [6, 6.07) is 19.7. The largest absolute Gasteiger partial charge is 0.497 e. The Hall–Kier alpha value is -2.59. The highest BCUT2D eigenvalue weighted by atomic mass is 16.5. The number of rotatable bonds is 6. The van der Waals surface area contributed by atoms with Crippen LogP contribution in [-0.2, 0) is 0 Å². The first kappa shape index (κ1) is 19.4. The molecule has 4 heteroatoms. The molecular formula is C26H31N3O. The van der Waals surface area contributed by atoms with Crippen LogP contribution in [0.4, 0.5) is 5.69 Å². The van der Waals surface area contributed by atoms with E-state index >= 15 is 0 Å². The zero-order valence-electron chi connectivity index (χ0n) is 17.9. The first-order valence-corrected chi connectivity index (χ1v) is 11.2. The van der Waals surface area contributed by atoms with E-state index in [0.717, 1.165) is 23.1 Å². The van der Waals surface area contributed by atoms with Crippen molar-refractivity contribution in [1.29, 1.82) is 0 Å². The quantitative estimate of drug-likeness (QED) is 0.590. The van der Waals surface area contributed by atoms with Crippen LogP contribution in [-0.4, -0.2) is 36.1 Å². The summed E-state index contributed by atoms with van der Waals surface area (Å²) in [5.74, 6) is 2.57. The number of fused-ring (bicyclic) bond motifs is 4. The van der Waals surface area contributed by atoms with Crippen molar-refractivity contribution < 1.29 is 4.74 Å². The van der Waals surface area contributed by atoms with E-state index in [1.807, 2.05) is 12.3 Å². The normalized spacial score (nSPS) is 26.5. The van der Waals surface area contributed by atoms with E-state index < -0.39 is 0 Å². The lowest BCUT2D eigenvalue weighted by molar-refractivity contribution is -0.00780. The summed E-state index contributed by atoms with van der Waals surface area (Å²) < 4.78 is 5.54. The van der Waals surface area contributed by atoms with Crippen LogP contribution in [0.15, 0.2) is 60.8 Å². The van der Waals surface area contributed by atoms with Crippen LogP contribution in [0.25, 0.3) is 10.9 Å². The molecular weight excluding hydrogens is 370 g/mol. The molecule has 0 spiro atoms. The number of methoxy groups -OCH3 is 1. The third-order valence-electron chi connectivity index (χ3n) is 7.26. The lowest BCUT2D eigenvalue weighted by Crippen LogP contribution is -2.56. The maximum absolute atomic E-state index is 5.54. The Morgan fingerprint density at radius 3 is 2.77 bits per heavy atom. The fourth-order valence-electron chi connectivity index (χ4n) is 5.63. The Bertz CT molecular complexity index is 1010. The lowest BCUT2D eigenvalue weighted by atomic mass is 9.72. The molecule has 3 aliphatic heterocycles. The maximum Gasteiger partial charge on any atom is 0.119 e. The molecule has 6 rings (SSSR count). The van der Waals surface area contributed by atoms with E-state index in [4.69, 9.17) is 4.74 Å². The van der Waals surface area contributed by atoms with Gasteiger partial charge in [0.2, 0.25) is 0 Å². The molecule has 5 atom stereocenters. The molecule has 3 fully saturated rings. The van der Waals surface area contributed by atoms with E-state index in [-0.39, 0.29) is 6.04 Å². The van der Waals surface area contributed by atoms with Crippen LogP contribution in [0.3, 0.4) is 0 Å². The monoisotopic (exact) mass is 401 g/mol. The van der Waals surface area contributed by atoms with Gasteiger partial charge in [0.15, 0.2) is 0 Å². The smallest absolute Gasteiger partial charge is 0.119 e. The predicted molar refractivity (Wildman–Crippen MR) is 123 cm³/mol. The van der Waals surface area contributed by atoms with Gasteiger partial charge < -0.3 is 10.1 Å². The highest BCUT2D eigenvalue weighted by molar-refractivity contribution is 5.84. The molecule has 3 aromatic rings. The third kappa shape index (κ3) is 3.54. The average Bonchev–Trinajstić information content (AvgIpc) is 2.82. The number of nitrogens with one attached hydrogen (secondary N) is 1. The molecule has 1 N–H and O–H groups in total. The summed E-state index contributed by atoms with van der Waals surface area (Å²) >= 11 is 0. The number of anilines is 1. The Kier molecular flexibility index (Phi) is 5.34. The summed E-state index contributed by atoms with van der Waals surface area (Å²) in [7, 11) is 1.73. The number of ether oxygens (including phenoxy) is 1. The predicted octanol–water partition coefficient (Wildman–Crippen LogP) is 5.52. The maximum atomic E-state index is 5.54. The Labute approximate surface area is 179 Å². The topological polar surface area (TPSA) is 37.4 Å². The molecule has 4 heterocycles. The van der Waals surface area contributed by atoms with E-state index in [2.05, 4.69) is 70.7 Å². The van der Waals surface area contributed by atoms with Gasteiger partial charge >= 0.3 is 0 Å². The van der Waals surface area contributed by atoms with Gasteiger partial charge in [-0.1, -0.05) is 31.5 Å². The molecule has 0 saturated carbocycles. The molecule has 2 aromatic carbocycles. The number of benzene rings is 2. The fraction of sp³-hybridized carbons (Fsp3) is 0.423. The Morgan fingerprint density at radius 1 is 1.17 bits per heavy atom. The highest BCUT2D eigenvalue weighted by Gasteiger charge is 2.43. The van der Waals surface area contributed by atoms with E-state index in [9.17, 15) is 0 Å². The van der Waals surface area contributed by atoms with Gasteiger partial charge in [0.1, 0.15) is 5.75 Å². The zero-order chi connectivity index (χ0) is 20.5. The number of pyridine rings is 1. The lowest BCUT2D eigenvalue weighted by Gasteiger charge is -2.52. The van der Waals surface area contributed by atoms with Crippen LogP contribution >= 0.6 is 0 Å². The first-order chi connectivity index (χ1) is 14.8. The van der Waals surface area contributed by atoms with Crippen molar-refractivity contribution in [2.45, 2.75) is 38.3 Å². The minimum Gasteiger partial charge on any atom is -0.497 e. The van der Waals surface area contributed by atoms with E-state index in [1.165, 1.54) is 49.0 Å². The van der Waals surface area contributed by atoms with Gasteiger partial charge in [0, 0.05) is 29.9 Å². The molecule has 5 unspecified atom stereocenters. The summed E-state index contributed by atoms with van der Waals surface area (Å²) in [5.41, 5.74) is 3.51. The summed E-state index contributed by atoms with van der Waals surface area (Å²) in [6.07, 6.45) is 5.85. The Morgan fingerprint density at radius 2 is 2.03 bits per heavy atom. The molecule has 4 nitrogen and oxygen atoms in total. The number of nitrogens with zero attached hydrogens (tertiary/aromatic N) is 2. The number of para-hydroxylation sites is 1. The van der Waals surface area contributed by atoms with Crippen molar-refractivity contribution in [3.63, 3.8) is 0 Å². The van der Waals surface area contributed by atoms with Gasteiger partial charge in [-0.25, -0.2) is 0 Å². The van der Waals surface area contributed by atoms with Crippen LogP contribution in [0.5, 0.6) is 5.75 Å². The summed E-state index contributed by atoms with van der Waals surface area (Å²) in [5, 5.41) is 5.08. The van der Waals surface area contributed by atoms with Crippen molar-refractivity contribution in [3.8, 4) is 5.75 Å². The van der Waals surface area contributed by atoms with Gasteiger partial charge in [-0.05, 0) is 73.2 Å². The second-order valence-electron chi connectivity index (χ2n) is 8.79. The Balaban J connectivity index is 1.58. The van der Waals surface area contributed by atoms with Crippen molar-refractivity contribution in [2.24, 2.45) is 11.8 Å². The van der Waals surface area contributed by atoms with Crippen LogP contribution in [0, 0.1) is 11.8 Å². The molecule has 156 valence electrons. The molecule has 0 aliphatic carbocycles. The van der Waals surface area contributed by atoms with E-state index in [0.29, 0.717) is 6.04 Å². The number of piperidine rings is 3. The molecule has 3 saturated heterocycles. The number of aromatic nitrogens is 1. The second-order valence-corrected chi connectivity index (χ2v) is 8.79. The van der Waals surface area contributed by atoms with Crippen molar-refractivity contribution >= 4 is 16.6 Å². The fourth-order valence-corrected chi connectivity index (χ4v) is 5.63. The summed E-state index contributed by atoms with van der Waals surface area (Å²) in [6.45, 7) is 4.79. The van der Waals surface area contributed by atoms with Crippen molar-refractivity contribution in [1.82, 2.24) is 9.88 Å². The van der Waals surface area contributed by atoms with Gasteiger partial charge in [0.05, 0.1) is 18.7 Å². The molecule has 0 amide bonds.